The highest BCUT2D eigenvalue weighted by molar-refractivity contribution is 5.94. The van der Waals surface area contributed by atoms with Crippen molar-refractivity contribution in [1.29, 1.82) is 0 Å². The number of hydrogen-bond donors (Lipinski definition) is 2. The first-order valence-corrected chi connectivity index (χ1v) is 8.99. The van der Waals surface area contributed by atoms with Gasteiger partial charge in [-0.15, -0.1) is 0 Å². The topological polar surface area (TPSA) is 112 Å². The van der Waals surface area contributed by atoms with E-state index >= 15 is 0 Å². The van der Waals surface area contributed by atoms with E-state index in [1.807, 2.05) is 19.9 Å². The van der Waals surface area contributed by atoms with Gasteiger partial charge in [-0.05, 0) is 24.5 Å². The van der Waals surface area contributed by atoms with Gasteiger partial charge in [0, 0.05) is 31.9 Å². The lowest BCUT2D eigenvalue weighted by atomic mass is 10.2. The van der Waals surface area contributed by atoms with Crippen LogP contribution < -0.4 is 22.3 Å². The van der Waals surface area contributed by atoms with Crippen LogP contribution in [0.2, 0.25) is 0 Å². The number of nitrogens with two attached hydrogens (primary N) is 1. The van der Waals surface area contributed by atoms with Gasteiger partial charge in [0.2, 0.25) is 5.91 Å². The molecule has 0 aromatic carbocycles. The van der Waals surface area contributed by atoms with Crippen molar-refractivity contribution in [1.82, 2.24) is 14.1 Å². The van der Waals surface area contributed by atoms with Gasteiger partial charge in [0.15, 0.2) is 0 Å². The summed E-state index contributed by atoms with van der Waals surface area (Å²) in [6, 6.07) is 3.66. The van der Waals surface area contributed by atoms with Gasteiger partial charge in [0.05, 0.1) is 0 Å². The number of nitrogens with zero attached hydrogens (tertiary/aromatic N) is 3. The lowest BCUT2D eigenvalue weighted by Crippen LogP contribution is -2.42. The Bertz CT molecular complexity index is 929. The lowest BCUT2D eigenvalue weighted by Gasteiger charge is -2.16. The summed E-state index contributed by atoms with van der Waals surface area (Å²) in [4.78, 5) is 41.3. The minimum absolute atomic E-state index is 0.0104. The van der Waals surface area contributed by atoms with E-state index in [4.69, 9.17) is 5.73 Å². The Balaban J connectivity index is 2.26. The Morgan fingerprint density at radius 2 is 1.93 bits per heavy atom. The molecule has 8 heteroatoms. The van der Waals surface area contributed by atoms with Crippen molar-refractivity contribution in [2.45, 2.75) is 46.2 Å². The number of anilines is 2. The number of rotatable bonds is 8. The van der Waals surface area contributed by atoms with Crippen LogP contribution in [0.3, 0.4) is 0 Å². The van der Waals surface area contributed by atoms with Crippen LogP contribution in [-0.4, -0.2) is 20.0 Å². The van der Waals surface area contributed by atoms with Crippen LogP contribution in [0.5, 0.6) is 0 Å². The standard InChI is InChI=1S/C19H25N5O3/c1-3-11-23-17(20)16(18(26)24(12-4-2)19(23)27)22-15(25)9-5-7-14-8-6-10-21-13-14/h5-8,10,13H,3-4,9,11-12,20H2,1-2H3,(H,22,25)/b7-5+. The Labute approximate surface area is 157 Å². The smallest absolute Gasteiger partial charge is 0.332 e. The zero-order valence-corrected chi connectivity index (χ0v) is 15.6. The Morgan fingerprint density at radius 1 is 1.22 bits per heavy atom. The van der Waals surface area contributed by atoms with Crippen molar-refractivity contribution < 1.29 is 4.79 Å². The quantitative estimate of drug-likeness (QED) is 0.735. The normalized spacial score (nSPS) is 11.0. The molecule has 0 aliphatic rings. The summed E-state index contributed by atoms with van der Waals surface area (Å²) in [5.41, 5.74) is 5.81. The molecule has 0 atom stereocenters. The first-order chi connectivity index (χ1) is 13.0. The molecule has 0 bridgehead atoms. The maximum absolute atomic E-state index is 12.6. The first-order valence-electron chi connectivity index (χ1n) is 8.99. The monoisotopic (exact) mass is 371 g/mol. The number of carbonyl (C=O) groups excluding carboxylic acids is 1. The zero-order valence-electron chi connectivity index (χ0n) is 15.6. The maximum Gasteiger partial charge on any atom is 0.332 e. The van der Waals surface area contributed by atoms with Gasteiger partial charge in [-0.3, -0.25) is 23.7 Å². The van der Waals surface area contributed by atoms with Gasteiger partial charge in [-0.25, -0.2) is 4.79 Å². The van der Waals surface area contributed by atoms with Gasteiger partial charge in [0.1, 0.15) is 11.5 Å². The van der Waals surface area contributed by atoms with Gasteiger partial charge < -0.3 is 11.1 Å². The van der Waals surface area contributed by atoms with Crippen molar-refractivity contribution in [3.63, 3.8) is 0 Å². The summed E-state index contributed by atoms with van der Waals surface area (Å²) in [6.45, 7) is 4.42. The molecule has 0 aliphatic heterocycles. The third kappa shape index (κ3) is 4.93. The molecule has 0 aliphatic carbocycles. The summed E-state index contributed by atoms with van der Waals surface area (Å²) in [6.07, 6.45) is 8.14. The molecule has 0 unspecified atom stereocenters. The second-order valence-electron chi connectivity index (χ2n) is 6.09. The van der Waals surface area contributed by atoms with Gasteiger partial charge >= 0.3 is 5.69 Å². The Morgan fingerprint density at radius 3 is 2.56 bits per heavy atom. The van der Waals surface area contributed by atoms with E-state index in [1.54, 1.807) is 30.6 Å². The average molecular weight is 371 g/mol. The highest BCUT2D eigenvalue weighted by Crippen LogP contribution is 2.12. The van der Waals surface area contributed by atoms with E-state index in [0.29, 0.717) is 19.4 Å². The second-order valence-corrected chi connectivity index (χ2v) is 6.09. The summed E-state index contributed by atoms with van der Waals surface area (Å²) in [5, 5.41) is 2.57. The molecule has 2 aromatic rings. The van der Waals surface area contributed by atoms with Crippen LogP contribution in [-0.2, 0) is 17.9 Å². The number of nitrogen functional groups attached to an aromatic ring is 1. The van der Waals surface area contributed by atoms with Crippen molar-refractivity contribution in [2.24, 2.45) is 0 Å². The fourth-order valence-electron chi connectivity index (χ4n) is 2.66. The van der Waals surface area contributed by atoms with E-state index in [9.17, 15) is 14.4 Å². The number of aromatic nitrogens is 3. The molecule has 3 N–H and O–H groups in total. The van der Waals surface area contributed by atoms with E-state index < -0.39 is 11.2 Å². The molecule has 0 radical (unpaired) electrons. The highest BCUT2D eigenvalue weighted by Gasteiger charge is 2.18. The van der Waals surface area contributed by atoms with Crippen molar-refractivity contribution >= 4 is 23.5 Å². The Hall–Kier alpha value is -3.16. The van der Waals surface area contributed by atoms with Crippen molar-refractivity contribution in [3.8, 4) is 0 Å². The molecule has 8 nitrogen and oxygen atoms in total. The second kappa shape index (κ2) is 9.51. The van der Waals surface area contributed by atoms with Crippen LogP contribution >= 0.6 is 0 Å². The molecule has 0 saturated carbocycles. The fraction of sp³-hybridized carbons (Fsp3) is 0.368. The SMILES string of the molecule is CCCn1c(N)c(NC(=O)C/C=C/c2cccnc2)c(=O)n(CCC)c1=O. The first kappa shape index (κ1) is 20.2. The molecular formula is C19H25N5O3. The van der Waals surface area contributed by atoms with Gasteiger partial charge in [-0.2, -0.15) is 0 Å². The zero-order chi connectivity index (χ0) is 19.8. The highest BCUT2D eigenvalue weighted by atomic mass is 16.2. The summed E-state index contributed by atoms with van der Waals surface area (Å²) >= 11 is 0. The molecule has 0 spiro atoms. The lowest BCUT2D eigenvalue weighted by molar-refractivity contribution is -0.115. The van der Waals surface area contributed by atoms with Gasteiger partial charge in [0.25, 0.3) is 5.56 Å². The predicted octanol–water partition coefficient (Wildman–Crippen LogP) is 1.85. The largest absolute Gasteiger partial charge is 0.383 e. The van der Waals surface area contributed by atoms with Crippen LogP contribution in [0.15, 0.2) is 40.2 Å². The number of hydrogen-bond acceptors (Lipinski definition) is 5. The molecule has 1 amide bonds. The number of pyridine rings is 1. The molecule has 2 aromatic heterocycles. The average Bonchev–Trinajstić information content (AvgIpc) is 2.67. The number of carbonyl (C=O) groups is 1. The Kier molecular flexibility index (Phi) is 7.10. The third-order valence-corrected chi connectivity index (χ3v) is 3.92. The minimum Gasteiger partial charge on any atom is -0.383 e. The summed E-state index contributed by atoms with van der Waals surface area (Å²) in [5.74, 6) is -0.396. The van der Waals surface area contributed by atoms with E-state index in [1.165, 1.54) is 4.57 Å². The molecule has 144 valence electrons. The molecule has 2 heterocycles. The van der Waals surface area contributed by atoms with Gasteiger partial charge in [-0.1, -0.05) is 32.1 Å². The maximum atomic E-state index is 12.6. The molecule has 0 saturated heterocycles. The number of amides is 1. The molecule has 2 rings (SSSR count). The fourth-order valence-corrected chi connectivity index (χ4v) is 2.66. The van der Waals surface area contributed by atoms with Crippen molar-refractivity contribution in [2.75, 3.05) is 11.1 Å². The van der Waals surface area contributed by atoms with Crippen LogP contribution in [0.4, 0.5) is 11.5 Å². The molecule has 27 heavy (non-hydrogen) atoms. The molecular weight excluding hydrogens is 346 g/mol. The predicted molar refractivity (Wildman–Crippen MR) is 106 cm³/mol. The van der Waals surface area contributed by atoms with Crippen LogP contribution in [0.25, 0.3) is 6.08 Å². The van der Waals surface area contributed by atoms with E-state index in [0.717, 1.165) is 10.1 Å². The third-order valence-electron chi connectivity index (χ3n) is 3.92. The van der Waals surface area contributed by atoms with Crippen LogP contribution in [0.1, 0.15) is 38.7 Å². The summed E-state index contributed by atoms with van der Waals surface area (Å²) < 4.78 is 2.45. The minimum atomic E-state index is -0.573. The molecule has 0 fully saturated rings. The van der Waals surface area contributed by atoms with Crippen molar-refractivity contribution in [3.05, 3.63) is 57.0 Å². The van der Waals surface area contributed by atoms with E-state index in [-0.39, 0.29) is 30.4 Å². The van der Waals surface area contributed by atoms with E-state index in [2.05, 4.69) is 10.3 Å². The number of nitrogens with one attached hydrogen (secondary N) is 1. The van der Waals surface area contributed by atoms with Crippen LogP contribution in [0, 0.1) is 0 Å². The summed E-state index contributed by atoms with van der Waals surface area (Å²) in [7, 11) is 0.